The third-order valence-corrected chi connectivity index (χ3v) is 5.53. The maximum Gasteiger partial charge on any atom is 0.209 e. The van der Waals surface area contributed by atoms with Gasteiger partial charge in [-0.25, -0.2) is 13.1 Å². The quantitative estimate of drug-likeness (QED) is 0.901. The van der Waals surface area contributed by atoms with Gasteiger partial charge in [-0.05, 0) is 24.3 Å². The molecule has 0 bridgehead atoms. The maximum atomic E-state index is 11.5. The highest BCUT2D eigenvalue weighted by Gasteiger charge is 2.44. The van der Waals surface area contributed by atoms with Crippen molar-refractivity contribution in [3.8, 4) is 0 Å². The molecule has 3 rings (SSSR count). The van der Waals surface area contributed by atoms with Crippen molar-refractivity contribution in [1.29, 1.82) is 0 Å². The minimum Gasteiger partial charge on any atom is -0.375 e. The molecule has 0 radical (unpaired) electrons. The van der Waals surface area contributed by atoms with E-state index in [1.807, 2.05) is 0 Å². The van der Waals surface area contributed by atoms with Crippen LogP contribution < -0.4 is 4.72 Å². The molecule has 1 N–H and O–H groups in total. The van der Waals surface area contributed by atoms with Crippen molar-refractivity contribution in [2.75, 3.05) is 19.4 Å². The lowest BCUT2D eigenvalue weighted by atomic mass is 10.0. The zero-order chi connectivity index (χ0) is 14.2. The van der Waals surface area contributed by atoms with E-state index in [1.54, 1.807) is 11.3 Å². The van der Waals surface area contributed by atoms with Crippen LogP contribution in [-0.2, 0) is 21.3 Å². The highest BCUT2D eigenvalue weighted by atomic mass is 32.2. The minimum absolute atomic E-state index is 0.0153. The number of fused-ring (bicyclic) bond motifs is 1. The Kier molecular flexibility index (Phi) is 4.14. The van der Waals surface area contributed by atoms with Crippen molar-refractivity contribution < 1.29 is 13.2 Å². The van der Waals surface area contributed by atoms with Crippen molar-refractivity contribution in [2.24, 2.45) is 0 Å². The van der Waals surface area contributed by atoms with Crippen LogP contribution >= 0.6 is 11.3 Å². The summed E-state index contributed by atoms with van der Waals surface area (Å²) < 4.78 is 31.6. The van der Waals surface area contributed by atoms with Gasteiger partial charge < -0.3 is 4.74 Å². The lowest BCUT2D eigenvalue weighted by Gasteiger charge is -2.32. The number of sulfonamides is 1. The SMILES string of the molecule is CS(=O)(=O)N[C@@H]1CN(Cc2cccs2)[C@H]2CCCO[C@@H]12. The molecular formula is C13H20N2O3S2. The van der Waals surface area contributed by atoms with Gasteiger partial charge in [-0.3, -0.25) is 4.90 Å². The Morgan fingerprint density at radius 3 is 3.10 bits per heavy atom. The average Bonchev–Trinajstić information content (AvgIpc) is 2.98. The predicted molar refractivity (Wildman–Crippen MR) is 79.3 cm³/mol. The highest BCUT2D eigenvalue weighted by molar-refractivity contribution is 7.88. The average molecular weight is 316 g/mol. The molecule has 20 heavy (non-hydrogen) atoms. The predicted octanol–water partition coefficient (Wildman–Crippen LogP) is 1.03. The number of hydrogen-bond donors (Lipinski definition) is 1. The number of likely N-dealkylation sites (tertiary alicyclic amines) is 1. The fourth-order valence-corrected chi connectivity index (χ4v) is 4.71. The van der Waals surface area contributed by atoms with Crippen LogP contribution in [0.4, 0.5) is 0 Å². The van der Waals surface area contributed by atoms with Crippen molar-refractivity contribution in [3.05, 3.63) is 22.4 Å². The number of nitrogens with zero attached hydrogens (tertiary/aromatic N) is 1. The van der Waals surface area contributed by atoms with Gasteiger partial charge in [0, 0.05) is 30.6 Å². The molecule has 3 atom stereocenters. The number of rotatable bonds is 4. The maximum absolute atomic E-state index is 11.5. The van der Waals surface area contributed by atoms with Gasteiger partial charge in [0.25, 0.3) is 0 Å². The molecule has 7 heteroatoms. The first-order valence-electron chi connectivity index (χ1n) is 6.88. The molecule has 0 aliphatic carbocycles. The van der Waals surface area contributed by atoms with Gasteiger partial charge in [-0.15, -0.1) is 11.3 Å². The molecule has 2 aliphatic heterocycles. The van der Waals surface area contributed by atoms with Crippen LogP contribution in [0.25, 0.3) is 0 Å². The topological polar surface area (TPSA) is 58.6 Å². The molecule has 112 valence electrons. The summed E-state index contributed by atoms with van der Waals surface area (Å²) in [5, 5.41) is 2.08. The normalized spacial score (nSPS) is 31.4. The lowest BCUT2D eigenvalue weighted by Crippen LogP contribution is -2.47. The van der Waals surface area contributed by atoms with Crippen molar-refractivity contribution in [1.82, 2.24) is 9.62 Å². The van der Waals surface area contributed by atoms with E-state index in [4.69, 9.17) is 4.74 Å². The molecule has 1 aromatic rings. The van der Waals surface area contributed by atoms with E-state index < -0.39 is 10.0 Å². The second-order valence-electron chi connectivity index (χ2n) is 5.55. The first kappa shape index (κ1) is 14.5. The Morgan fingerprint density at radius 1 is 1.55 bits per heavy atom. The molecule has 2 saturated heterocycles. The highest BCUT2D eigenvalue weighted by Crippen LogP contribution is 2.31. The zero-order valence-corrected chi connectivity index (χ0v) is 13.1. The smallest absolute Gasteiger partial charge is 0.209 e. The Morgan fingerprint density at radius 2 is 2.40 bits per heavy atom. The van der Waals surface area contributed by atoms with Gasteiger partial charge >= 0.3 is 0 Å². The summed E-state index contributed by atoms with van der Waals surface area (Å²) in [6, 6.07) is 4.37. The molecular weight excluding hydrogens is 296 g/mol. The van der Waals surface area contributed by atoms with Gasteiger partial charge in [0.15, 0.2) is 0 Å². The first-order valence-corrected chi connectivity index (χ1v) is 9.65. The summed E-state index contributed by atoms with van der Waals surface area (Å²) >= 11 is 1.74. The monoisotopic (exact) mass is 316 g/mol. The van der Waals surface area contributed by atoms with Crippen LogP contribution in [0.3, 0.4) is 0 Å². The first-order chi connectivity index (χ1) is 9.53. The number of thiophene rings is 1. The molecule has 2 aliphatic rings. The van der Waals surface area contributed by atoms with E-state index in [2.05, 4.69) is 27.1 Å². The summed E-state index contributed by atoms with van der Waals surface area (Å²) in [4.78, 5) is 3.67. The molecule has 0 aromatic carbocycles. The number of hydrogen-bond acceptors (Lipinski definition) is 5. The van der Waals surface area contributed by atoms with Crippen LogP contribution in [-0.4, -0.2) is 50.9 Å². The van der Waals surface area contributed by atoms with Gasteiger partial charge in [-0.1, -0.05) is 6.07 Å². The molecule has 1 aromatic heterocycles. The molecule has 5 nitrogen and oxygen atoms in total. The molecule has 0 saturated carbocycles. The summed E-state index contributed by atoms with van der Waals surface area (Å²) in [6.07, 6.45) is 3.33. The van der Waals surface area contributed by atoms with E-state index in [0.717, 1.165) is 32.5 Å². The van der Waals surface area contributed by atoms with E-state index in [-0.39, 0.29) is 12.1 Å². The van der Waals surface area contributed by atoms with Gasteiger partial charge in [0.2, 0.25) is 10.0 Å². The van der Waals surface area contributed by atoms with E-state index in [0.29, 0.717) is 6.04 Å². The minimum atomic E-state index is -3.20. The van der Waals surface area contributed by atoms with Gasteiger partial charge in [0.1, 0.15) is 0 Å². The summed E-state index contributed by atoms with van der Waals surface area (Å²) in [5.41, 5.74) is 0. The fourth-order valence-electron chi connectivity index (χ4n) is 3.22. The van der Waals surface area contributed by atoms with Gasteiger partial charge in [-0.2, -0.15) is 0 Å². The van der Waals surface area contributed by atoms with Gasteiger partial charge in [0.05, 0.1) is 18.4 Å². The molecule has 3 heterocycles. The standard InChI is InChI=1S/C13H20N2O3S2/c1-20(16,17)14-11-9-15(8-10-4-3-7-19-10)12-5-2-6-18-13(11)12/h3-4,7,11-14H,2,5-6,8-9H2,1H3/t11-,12+,13+/m1/s1. The molecule has 0 spiro atoms. The fraction of sp³-hybridized carbons (Fsp3) is 0.692. The summed E-state index contributed by atoms with van der Waals surface area (Å²) in [6.45, 7) is 2.33. The Labute approximate surface area is 124 Å². The molecule has 0 amide bonds. The second kappa shape index (κ2) is 5.73. The van der Waals surface area contributed by atoms with Crippen LogP contribution in [0.5, 0.6) is 0 Å². The van der Waals surface area contributed by atoms with Crippen LogP contribution in [0, 0.1) is 0 Å². The molecule has 0 unspecified atom stereocenters. The third-order valence-electron chi connectivity index (χ3n) is 3.94. The Balaban J connectivity index is 1.74. The van der Waals surface area contributed by atoms with Crippen molar-refractivity contribution in [3.63, 3.8) is 0 Å². The molecule has 2 fully saturated rings. The van der Waals surface area contributed by atoms with Crippen molar-refractivity contribution in [2.45, 2.75) is 37.6 Å². The Bertz CT molecular complexity index is 544. The largest absolute Gasteiger partial charge is 0.375 e. The second-order valence-corrected chi connectivity index (χ2v) is 8.36. The number of ether oxygens (including phenoxy) is 1. The van der Waals surface area contributed by atoms with Crippen molar-refractivity contribution >= 4 is 21.4 Å². The van der Waals surface area contributed by atoms with Crippen LogP contribution in [0.1, 0.15) is 17.7 Å². The van der Waals surface area contributed by atoms with Crippen LogP contribution in [0.2, 0.25) is 0 Å². The Hall–Kier alpha value is -0.470. The number of nitrogens with one attached hydrogen (secondary N) is 1. The summed E-state index contributed by atoms with van der Waals surface area (Å²) in [5.74, 6) is 0. The van der Waals surface area contributed by atoms with E-state index in [9.17, 15) is 8.42 Å². The third kappa shape index (κ3) is 3.23. The van der Waals surface area contributed by atoms with Crippen LogP contribution in [0.15, 0.2) is 17.5 Å². The van der Waals surface area contributed by atoms with E-state index >= 15 is 0 Å². The van der Waals surface area contributed by atoms with E-state index in [1.165, 1.54) is 11.1 Å². The summed E-state index contributed by atoms with van der Waals surface area (Å²) in [7, 11) is -3.20. The lowest BCUT2D eigenvalue weighted by molar-refractivity contribution is -0.0192. The zero-order valence-electron chi connectivity index (χ0n) is 11.5.